The van der Waals surface area contributed by atoms with Crippen LogP contribution in [0.15, 0.2) is 46.9 Å². The zero-order chi connectivity index (χ0) is 12.3. The molecule has 0 amide bonds. The molecule has 0 heterocycles. The molecule has 0 spiro atoms. The van der Waals surface area contributed by atoms with Crippen LogP contribution in [0.5, 0.6) is 11.5 Å². The molecule has 4 heteroatoms. The molecule has 17 heavy (non-hydrogen) atoms. The Hall–Kier alpha value is -1.99. The molecular weight excluding hydrogens is 280 g/mol. The summed E-state index contributed by atoms with van der Waals surface area (Å²) in [6.07, 6.45) is 0. The molecule has 2 aromatic carbocycles. The lowest BCUT2D eigenvalue weighted by Crippen LogP contribution is -1.92. The van der Waals surface area contributed by atoms with E-state index in [1.807, 2.05) is 30.3 Å². The van der Waals surface area contributed by atoms with Crippen molar-refractivity contribution in [1.82, 2.24) is 0 Å². The van der Waals surface area contributed by atoms with E-state index < -0.39 is 0 Å². The third kappa shape index (κ3) is 2.77. The normalized spacial score (nSPS) is 9.65. The summed E-state index contributed by atoms with van der Waals surface area (Å²) in [5.74, 6) is 1.25. The highest BCUT2D eigenvalue weighted by atomic mass is 79.9. The van der Waals surface area contributed by atoms with Crippen LogP contribution < -0.4 is 10.5 Å². The van der Waals surface area contributed by atoms with Crippen LogP contribution in [0.3, 0.4) is 0 Å². The Labute approximate surface area is 108 Å². The second-order valence-corrected chi connectivity index (χ2v) is 4.34. The van der Waals surface area contributed by atoms with Crippen LogP contribution >= 0.6 is 15.9 Å². The van der Waals surface area contributed by atoms with Gasteiger partial charge in [-0.15, -0.1) is 0 Å². The zero-order valence-corrected chi connectivity index (χ0v) is 10.4. The fraction of sp³-hybridized carbons (Fsp3) is 0. The summed E-state index contributed by atoms with van der Waals surface area (Å²) in [6.45, 7) is 0. The lowest BCUT2D eigenvalue weighted by Gasteiger charge is -2.08. The summed E-state index contributed by atoms with van der Waals surface area (Å²) in [4.78, 5) is 0. The van der Waals surface area contributed by atoms with Gasteiger partial charge < -0.3 is 10.5 Å². The van der Waals surface area contributed by atoms with E-state index in [1.54, 1.807) is 18.2 Å². The number of nitrogens with zero attached hydrogens (tertiary/aromatic N) is 1. The van der Waals surface area contributed by atoms with Crippen LogP contribution in [0.4, 0.5) is 5.69 Å². The molecule has 2 rings (SSSR count). The average molecular weight is 289 g/mol. The second-order valence-electron chi connectivity index (χ2n) is 3.42. The molecular formula is C13H9BrN2O. The van der Waals surface area contributed by atoms with Gasteiger partial charge in [0.2, 0.25) is 0 Å². The van der Waals surface area contributed by atoms with E-state index in [2.05, 4.69) is 15.9 Å². The Morgan fingerprint density at radius 3 is 2.41 bits per heavy atom. The second kappa shape index (κ2) is 4.89. The molecule has 0 aliphatic rings. The summed E-state index contributed by atoms with van der Waals surface area (Å²) in [5.41, 5.74) is 6.76. The van der Waals surface area contributed by atoms with Crippen LogP contribution in [-0.4, -0.2) is 0 Å². The van der Waals surface area contributed by atoms with Gasteiger partial charge in [-0.3, -0.25) is 0 Å². The van der Waals surface area contributed by atoms with Gasteiger partial charge in [-0.05, 0) is 42.5 Å². The van der Waals surface area contributed by atoms with Crippen molar-refractivity contribution in [3.8, 4) is 17.6 Å². The molecule has 0 atom stereocenters. The first-order chi connectivity index (χ1) is 8.19. The quantitative estimate of drug-likeness (QED) is 0.858. The van der Waals surface area contributed by atoms with Crippen molar-refractivity contribution in [1.29, 1.82) is 5.26 Å². The van der Waals surface area contributed by atoms with Gasteiger partial charge >= 0.3 is 0 Å². The lowest BCUT2D eigenvalue weighted by molar-refractivity contribution is 0.485. The number of benzene rings is 2. The van der Waals surface area contributed by atoms with Crippen LogP contribution in [0.25, 0.3) is 0 Å². The molecule has 0 unspecified atom stereocenters. The van der Waals surface area contributed by atoms with E-state index in [9.17, 15) is 0 Å². The maximum Gasteiger partial charge on any atom is 0.150 e. The molecule has 0 aliphatic heterocycles. The average Bonchev–Trinajstić information content (AvgIpc) is 2.34. The minimum atomic E-state index is 0.451. The standard InChI is InChI=1S/C13H9BrN2O/c14-10-2-4-11(5-3-10)17-13-6-1-9(8-15)7-12(13)16/h1-7H,16H2. The van der Waals surface area contributed by atoms with Crippen molar-refractivity contribution < 1.29 is 4.74 Å². The number of nitrogen functional groups attached to an aromatic ring is 1. The van der Waals surface area contributed by atoms with E-state index >= 15 is 0 Å². The lowest BCUT2D eigenvalue weighted by atomic mass is 10.2. The number of hydrogen-bond acceptors (Lipinski definition) is 3. The van der Waals surface area contributed by atoms with Gasteiger partial charge in [0.05, 0.1) is 17.3 Å². The number of hydrogen-bond donors (Lipinski definition) is 1. The first-order valence-corrected chi connectivity index (χ1v) is 5.71. The number of rotatable bonds is 2. The van der Waals surface area contributed by atoms with Gasteiger partial charge in [0.1, 0.15) is 11.5 Å². The Bertz CT molecular complexity index is 573. The number of nitriles is 1. The Kier molecular flexibility index (Phi) is 3.31. The van der Waals surface area contributed by atoms with E-state index in [0.717, 1.165) is 4.47 Å². The fourth-order valence-corrected chi connectivity index (χ4v) is 1.60. The molecule has 0 aliphatic carbocycles. The molecule has 0 bridgehead atoms. The summed E-state index contributed by atoms with van der Waals surface area (Å²) in [7, 11) is 0. The Morgan fingerprint density at radius 2 is 1.82 bits per heavy atom. The van der Waals surface area contributed by atoms with Crippen molar-refractivity contribution in [2.75, 3.05) is 5.73 Å². The predicted octanol–water partition coefficient (Wildman–Crippen LogP) is 3.70. The molecule has 3 nitrogen and oxygen atoms in total. The molecule has 0 fully saturated rings. The Morgan fingerprint density at radius 1 is 1.12 bits per heavy atom. The summed E-state index contributed by atoms with van der Waals surface area (Å²) in [6, 6.07) is 14.4. The molecule has 84 valence electrons. The third-order valence-corrected chi connectivity index (χ3v) is 2.71. The molecule has 2 N–H and O–H groups in total. The molecule has 0 saturated carbocycles. The van der Waals surface area contributed by atoms with E-state index in [1.165, 1.54) is 0 Å². The van der Waals surface area contributed by atoms with Crippen molar-refractivity contribution in [3.05, 3.63) is 52.5 Å². The van der Waals surface area contributed by atoms with Crippen LogP contribution in [0.2, 0.25) is 0 Å². The van der Waals surface area contributed by atoms with Crippen molar-refractivity contribution in [2.24, 2.45) is 0 Å². The number of anilines is 1. The highest BCUT2D eigenvalue weighted by molar-refractivity contribution is 9.10. The zero-order valence-electron chi connectivity index (χ0n) is 8.85. The van der Waals surface area contributed by atoms with E-state index in [4.69, 9.17) is 15.7 Å². The van der Waals surface area contributed by atoms with Gasteiger partial charge in [-0.2, -0.15) is 5.26 Å². The van der Waals surface area contributed by atoms with Crippen LogP contribution in [0, 0.1) is 11.3 Å². The molecule has 0 aromatic heterocycles. The van der Waals surface area contributed by atoms with Crippen molar-refractivity contribution in [3.63, 3.8) is 0 Å². The van der Waals surface area contributed by atoms with Gasteiger partial charge in [0.15, 0.2) is 0 Å². The largest absolute Gasteiger partial charge is 0.455 e. The maximum absolute atomic E-state index is 8.72. The van der Waals surface area contributed by atoms with Crippen molar-refractivity contribution >= 4 is 21.6 Å². The highest BCUT2D eigenvalue weighted by Gasteiger charge is 2.03. The number of nitrogens with two attached hydrogens (primary N) is 1. The van der Waals surface area contributed by atoms with Crippen LogP contribution in [-0.2, 0) is 0 Å². The first kappa shape index (κ1) is 11.5. The van der Waals surface area contributed by atoms with Gasteiger partial charge in [-0.1, -0.05) is 15.9 Å². The van der Waals surface area contributed by atoms with E-state index in [-0.39, 0.29) is 0 Å². The number of halogens is 1. The smallest absolute Gasteiger partial charge is 0.150 e. The van der Waals surface area contributed by atoms with Crippen molar-refractivity contribution in [2.45, 2.75) is 0 Å². The summed E-state index contributed by atoms with van der Waals surface area (Å²) >= 11 is 3.35. The highest BCUT2D eigenvalue weighted by Crippen LogP contribution is 2.28. The summed E-state index contributed by atoms with van der Waals surface area (Å²) in [5, 5.41) is 8.72. The topological polar surface area (TPSA) is 59.0 Å². The molecule has 2 aromatic rings. The fourth-order valence-electron chi connectivity index (χ4n) is 1.34. The SMILES string of the molecule is N#Cc1ccc(Oc2ccc(Br)cc2)c(N)c1. The Balaban J connectivity index is 2.25. The summed E-state index contributed by atoms with van der Waals surface area (Å²) < 4.78 is 6.59. The van der Waals surface area contributed by atoms with Gasteiger partial charge in [0, 0.05) is 4.47 Å². The first-order valence-electron chi connectivity index (χ1n) is 4.92. The predicted molar refractivity (Wildman–Crippen MR) is 69.8 cm³/mol. The monoisotopic (exact) mass is 288 g/mol. The number of ether oxygens (including phenoxy) is 1. The van der Waals surface area contributed by atoms with E-state index in [0.29, 0.717) is 22.7 Å². The third-order valence-electron chi connectivity index (χ3n) is 2.18. The van der Waals surface area contributed by atoms with Crippen LogP contribution in [0.1, 0.15) is 5.56 Å². The minimum absolute atomic E-state index is 0.451. The molecule has 0 radical (unpaired) electrons. The minimum Gasteiger partial charge on any atom is -0.455 e. The maximum atomic E-state index is 8.72. The molecule has 0 saturated heterocycles. The van der Waals surface area contributed by atoms with Gasteiger partial charge in [-0.25, -0.2) is 0 Å². The van der Waals surface area contributed by atoms with Gasteiger partial charge in [0.25, 0.3) is 0 Å².